The number of hydrogen-bond acceptors (Lipinski definition) is 10. The molecule has 0 aromatic heterocycles. The summed E-state index contributed by atoms with van der Waals surface area (Å²) in [4.78, 5) is 86.9. The van der Waals surface area contributed by atoms with E-state index in [1.807, 2.05) is 0 Å². The molecule has 1 rings (SSSR count). The van der Waals surface area contributed by atoms with Gasteiger partial charge in [-0.2, -0.15) is 0 Å². The van der Waals surface area contributed by atoms with Gasteiger partial charge in [0.2, 0.25) is 35.4 Å². The standard InChI is InChI=1S/C25H44N8O9/c1-13(21(37)31-16(25(41)42)8-9-18(28)35)30-23(39)17-7-5-11-33(17)24(40)20(14(2)34)32-19(36)12-29-22(38)15(27)6-3-4-10-26/h13-17,20,34H,3-12,26-27H2,1-2H3,(H2,28,35)(H,29,38)(H,30,39)(H,31,37)(H,32,36)(H,41,42)/t13-,14+,15-,16-,17-,20-/m0/s1. The number of aliphatic carboxylic acids is 1. The average molecular weight is 601 g/mol. The molecule has 238 valence electrons. The fourth-order valence-electron chi connectivity index (χ4n) is 4.25. The average Bonchev–Trinajstić information content (AvgIpc) is 3.42. The van der Waals surface area contributed by atoms with Crippen LogP contribution in [-0.4, -0.2) is 112 Å². The van der Waals surface area contributed by atoms with Gasteiger partial charge in [0.25, 0.3) is 0 Å². The molecular formula is C25H44N8O9. The number of nitrogens with zero attached hydrogens (tertiary/aromatic N) is 1. The Balaban J connectivity index is 2.76. The number of nitrogens with two attached hydrogens (primary N) is 3. The Hall–Kier alpha value is -3.83. The van der Waals surface area contributed by atoms with Crippen molar-refractivity contribution in [3.05, 3.63) is 0 Å². The second kappa shape index (κ2) is 17.9. The monoisotopic (exact) mass is 600 g/mol. The number of carbonyl (C=O) groups is 7. The van der Waals surface area contributed by atoms with Gasteiger partial charge in [-0.1, -0.05) is 6.42 Å². The molecule has 6 amide bonds. The summed E-state index contributed by atoms with van der Waals surface area (Å²) in [5, 5.41) is 28.9. The molecular weight excluding hydrogens is 556 g/mol. The fourth-order valence-corrected chi connectivity index (χ4v) is 4.25. The van der Waals surface area contributed by atoms with Gasteiger partial charge < -0.3 is 53.6 Å². The summed E-state index contributed by atoms with van der Waals surface area (Å²) in [6.07, 6.45) is 0.533. The predicted octanol–water partition coefficient (Wildman–Crippen LogP) is -4.24. The largest absolute Gasteiger partial charge is 0.480 e. The summed E-state index contributed by atoms with van der Waals surface area (Å²) in [6.45, 7) is 2.71. The van der Waals surface area contributed by atoms with E-state index < -0.39 is 84.3 Å². The summed E-state index contributed by atoms with van der Waals surface area (Å²) < 4.78 is 0. The Morgan fingerprint density at radius 3 is 2.21 bits per heavy atom. The van der Waals surface area contributed by atoms with Gasteiger partial charge in [-0.15, -0.1) is 0 Å². The minimum absolute atomic E-state index is 0.138. The number of primary amides is 1. The number of carboxylic acids is 1. The lowest BCUT2D eigenvalue weighted by atomic mass is 10.1. The Morgan fingerprint density at radius 2 is 1.64 bits per heavy atom. The molecule has 0 aromatic rings. The predicted molar refractivity (Wildman–Crippen MR) is 148 cm³/mol. The van der Waals surface area contributed by atoms with Crippen molar-refractivity contribution in [1.82, 2.24) is 26.2 Å². The molecule has 0 aliphatic carbocycles. The van der Waals surface area contributed by atoms with Crippen molar-refractivity contribution in [1.29, 1.82) is 0 Å². The lowest BCUT2D eigenvalue weighted by Crippen LogP contribution is -2.59. The van der Waals surface area contributed by atoms with E-state index in [-0.39, 0.29) is 25.8 Å². The van der Waals surface area contributed by atoms with E-state index in [2.05, 4.69) is 21.3 Å². The summed E-state index contributed by atoms with van der Waals surface area (Å²) in [7, 11) is 0. The number of likely N-dealkylation sites (tertiary alicyclic amines) is 1. The number of nitrogens with one attached hydrogen (secondary N) is 4. The van der Waals surface area contributed by atoms with Gasteiger partial charge in [0.05, 0.1) is 18.7 Å². The second-order valence-corrected chi connectivity index (χ2v) is 10.2. The summed E-state index contributed by atoms with van der Waals surface area (Å²) in [6, 6.07) is -5.88. The first-order valence-corrected chi connectivity index (χ1v) is 13.8. The molecule has 17 heteroatoms. The highest BCUT2D eigenvalue weighted by atomic mass is 16.4. The van der Waals surface area contributed by atoms with Crippen LogP contribution in [0, 0.1) is 0 Å². The van der Waals surface area contributed by atoms with Gasteiger partial charge in [0.15, 0.2) is 0 Å². The molecule has 0 saturated carbocycles. The third-order valence-corrected chi connectivity index (χ3v) is 6.68. The van der Waals surface area contributed by atoms with Crippen molar-refractivity contribution < 1.29 is 43.8 Å². The SMILES string of the molecule is C[C@H](NC(=O)[C@@H]1CCCN1C(=O)[C@@H](NC(=O)CNC(=O)[C@@H](N)CCCCN)[C@@H](C)O)C(=O)N[C@@H](CCC(N)=O)C(=O)O. The van der Waals surface area contributed by atoms with Crippen LogP contribution in [0.3, 0.4) is 0 Å². The first kappa shape index (κ1) is 36.2. The van der Waals surface area contributed by atoms with E-state index in [0.717, 1.165) is 0 Å². The maximum atomic E-state index is 13.3. The minimum atomic E-state index is -1.43. The van der Waals surface area contributed by atoms with E-state index in [9.17, 15) is 43.8 Å². The number of carbonyl (C=O) groups excluding carboxylic acids is 6. The van der Waals surface area contributed by atoms with Gasteiger partial charge in [-0.25, -0.2) is 4.79 Å². The van der Waals surface area contributed by atoms with E-state index in [4.69, 9.17) is 17.2 Å². The Bertz CT molecular complexity index is 993. The Labute approximate surface area is 243 Å². The van der Waals surface area contributed by atoms with Crippen LogP contribution in [0.1, 0.15) is 58.8 Å². The van der Waals surface area contributed by atoms with Crippen molar-refractivity contribution in [2.75, 3.05) is 19.6 Å². The van der Waals surface area contributed by atoms with Gasteiger partial charge in [-0.3, -0.25) is 28.8 Å². The Kier molecular flexibility index (Phi) is 15.4. The molecule has 1 aliphatic heterocycles. The number of rotatable bonds is 18. The third-order valence-electron chi connectivity index (χ3n) is 6.68. The number of aliphatic hydroxyl groups excluding tert-OH is 1. The maximum absolute atomic E-state index is 13.3. The maximum Gasteiger partial charge on any atom is 0.326 e. The fraction of sp³-hybridized carbons (Fsp3) is 0.720. The highest BCUT2D eigenvalue weighted by molar-refractivity contribution is 5.96. The first-order valence-electron chi connectivity index (χ1n) is 13.8. The molecule has 6 atom stereocenters. The van der Waals surface area contributed by atoms with Crippen molar-refractivity contribution in [3.63, 3.8) is 0 Å². The highest BCUT2D eigenvalue weighted by Crippen LogP contribution is 2.19. The van der Waals surface area contributed by atoms with Crippen molar-refractivity contribution >= 4 is 41.4 Å². The van der Waals surface area contributed by atoms with Crippen LogP contribution < -0.4 is 38.5 Å². The quantitative estimate of drug-likeness (QED) is 0.0679. The number of hydrogen-bond donors (Lipinski definition) is 9. The summed E-state index contributed by atoms with van der Waals surface area (Å²) >= 11 is 0. The van der Waals surface area contributed by atoms with Crippen LogP contribution in [0.2, 0.25) is 0 Å². The lowest BCUT2D eigenvalue weighted by Gasteiger charge is -2.30. The third kappa shape index (κ3) is 12.0. The minimum Gasteiger partial charge on any atom is -0.480 e. The zero-order valence-corrected chi connectivity index (χ0v) is 24.0. The summed E-state index contributed by atoms with van der Waals surface area (Å²) in [5.74, 6) is -5.70. The molecule has 17 nitrogen and oxygen atoms in total. The van der Waals surface area contributed by atoms with Crippen molar-refractivity contribution in [3.8, 4) is 0 Å². The number of unbranched alkanes of at least 4 members (excludes halogenated alkanes) is 1. The van der Waals surface area contributed by atoms with Crippen LogP contribution in [-0.2, 0) is 33.6 Å². The van der Waals surface area contributed by atoms with Crippen LogP contribution in [0.15, 0.2) is 0 Å². The summed E-state index contributed by atoms with van der Waals surface area (Å²) in [5.41, 5.74) is 16.2. The number of amides is 6. The lowest BCUT2D eigenvalue weighted by molar-refractivity contribution is -0.144. The number of aliphatic hydroxyl groups is 1. The Morgan fingerprint density at radius 1 is 0.976 bits per heavy atom. The second-order valence-electron chi connectivity index (χ2n) is 10.2. The van der Waals surface area contributed by atoms with E-state index in [1.54, 1.807) is 0 Å². The van der Waals surface area contributed by atoms with Crippen molar-refractivity contribution in [2.45, 2.75) is 95.1 Å². The molecule has 12 N–H and O–H groups in total. The van der Waals surface area contributed by atoms with Crippen LogP contribution >= 0.6 is 0 Å². The molecule has 42 heavy (non-hydrogen) atoms. The zero-order chi connectivity index (χ0) is 32.0. The van der Waals surface area contributed by atoms with Crippen molar-refractivity contribution in [2.24, 2.45) is 17.2 Å². The zero-order valence-electron chi connectivity index (χ0n) is 24.0. The normalized spacial score (nSPS) is 18.1. The van der Waals surface area contributed by atoms with Gasteiger partial charge in [0.1, 0.15) is 24.2 Å². The molecule has 1 heterocycles. The van der Waals surface area contributed by atoms with Crippen LogP contribution in [0.25, 0.3) is 0 Å². The molecule has 1 aliphatic rings. The molecule has 0 radical (unpaired) electrons. The molecule has 0 bridgehead atoms. The topological polar surface area (TPSA) is 289 Å². The van der Waals surface area contributed by atoms with E-state index >= 15 is 0 Å². The van der Waals surface area contributed by atoms with Gasteiger partial charge in [0, 0.05) is 13.0 Å². The molecule has 0 aromatic carbocycles. The molecule has 1 saturated heterocycles. The molecule has 1 fully saturated rings. The van der Waals surface area contributed by atoms with Gasteiger partial charge >= 0.3 is 5.97 Å². The molecule has 0 spiro atoms. The number of carboxylic acid groups (broad SMARTS) is 1. The molecule has 0 unspecified atom stereocenters. The van der Waals surface area contributed by atoms with Crippen LogP contribution in [0.4, 0.5) is 0 Å². The van der Waals surface area contributed by atoms with E-state index in [0.29, 0.717) is 32.2 Å². The van der Waals surface area contributed by atoms with Gasteiger partial charge in [-0.05, 0) is 52.5 Å². The highest BCUT2D eigenvalue weighted by Gasteiger charge is 2.40. The van der Waals surface area contributed by atoms with Crippen LogP contribution in [0.5, 0.6) is 0 Å². The first-order chi connectivity index (χ1) is 19.7. The smallest absolute Gasteiger partial charge is 0.326 e. The van der Waals surface area contributed by atoms with E-state index in [1.165, 1.54) is 18.7 Å².